The Bertz CT molecular complexity index is 757. The maximum absolute atomic E-state index is 12.4. The third kappa shape index (κ3) is 4.51. The Morgan fingerprint density at radius 3 is 2.32 bits per heavy atom. The lowest BCUT2D eigenvalue weighted by Gasteiger charge is -2.26. The van der Waals surface area contributed by atoms with Gasteiger partial charge in [-0.2, -0.15) is 0 Å². The summed E-state index contributed by atoms with van der Waals surface area (Å²) < 4.78 is 5.31. The van der Waals surface area contributed by atoms with Crippen molar-refractivity contribution < 1.29 is 14.3 Å². The molecule has 8 nitrogen and oxygen atoms in total. The summed E-state index contributed by atoms with van der Waals surface area (Å²) in [6.45, 7) is 4.10. The standard InChI is InChI=1S/C17H19N5O3/c1-12(23)19-13-2-4-14(5-3-13)20-16(24)15-6-7-18-17(21-15)22-8-10-25-11-9-22/h2-7H,8-11H2,1H3,(H,19,23)(H,20,24). The lowest BCUT2D eigenvalue weighted by atomic mass is 10.2. The smallest absolute Gasteiger partial charge is 0.274 e. The predicted octanol–water partition coefficient (Wildman–Crippen LogP) is 1.52. The lowest BCUT2D eigenvalue weighted by molar-refractivity contribution is -0.114. The summed E-state index contributed by atoms with van der Waals surface area (Å²) in [6, 6.07) is 8.44. The van der Waals surface area contributed by atoms with Gasteiger partial charge in [0.15, 0.2) is 0 Å². The Labute approximate surface area is 145 Å². The summed E-state index contributed by atoms with van der Waals surface area (Å²) in [5.41, 5.74) is 1.58. The van der Waals surface area contributed by atoms with E-state index in [0.29, 0.717) is 49.3 Å². The molecule has 130 valence electrons. The first-order valence-corrected chi connectivity index (χ1v) is 7.96. The normalized spacial score (nSPS) is 14.0. The number of nitrogens with zero attached hydrogens (tertiary/aromatic N) is 3. The van der Waals surface area contributed by atoms with Crippen LogP contribution in [0.15, 0.2) is 36.5 Å². The Hall–Kier alpha value is -3.00. The summed E-state index contributed by atoms with van der Waals surface area (Å²) in [5.74, 6) is 0.0644. The van der Waals surface area contributed by atoms with Crippen LogP contribution in [0.5, 0.6) is 0 Å². The Kier molecular flexibility index (Phi) is 5.20. The quantitative estimate of drug-likeness (QED) is 0.875. The van der Waals surface area contributed by atoms with Crippen molar-refractivity contribution in [3.63, 3.8) is 0 Å². The number of carbonyl (C=O) groups is 2. The molecular formula is C17H19N5O3. The van der Waals surface area contributed by atoms with Gasteiger partial charge in [-0.1, -0.05) is 0 Å². The highest BCUT2D eigenvalue weighted by molar-refractivity contribution is 6.03. The number of hydrogen-bond acceptors (Lipinski definition) is 6. The average molecular weight is 341 g/mol. The van der Waals surface area contributed by atoms with Crippen LogP contribution in [-0.4, -0.2) is 48.1 Å². The van der Waals surface area contributed by atoms with Crippen LogP contribution < -0.4 is 15.5 Å². The van der Waals surface area contributed by atoms with Gasteiger partial charge < -0.3 is 20.3 Å². The number of carbonyl (C=O) groups excluding carboxylic acids is 2. The molecule has 0 bridgehead atoms. The van der Waals surface area contributed by atoms with E-state index in [2.05, 4.69) is 20.6 Å². The Balaban J connectivity index is 1.67. The number of aromatic nitrogens is 2. The zero-order chi connectivity index (χ0) is 17.6. The van der Waals surface area contributed by atoms with Gasteiger partial charge in [-0.3, -0.25) is 9.59 Å². The molecule has 1 fully saturated rings. The van der Waals surface area contributed by atoms with Crippen LogP contribution in [0.2, 0.25) is 0 Å². The van der Waals surface area contributed by atoms with E-state index in [9.17, 15) is 9.59 Å². The van der Waals surface area contributed by atoms with E-state index in [1.54, 1.807) is 36.5 Å². The number of amides is 2. The molecule has 1 aromatic carbocycles. The Morgan fingerprint density at radius 2 is 1.68 bits per heavy atom. The first kappa shape index (κ1) is 16.8. The monoisotopic (exact) mass is 341 g/mol. The minimum absolute atomic E-state index is 0.145. The Morgan fingerprint density at radius 1 is 1.04 bits per heavy atom. The first-order valence-electron chi connectivity index (χ1n) is 7.96. The summed E-state index contributed by atoms with van der Waals surface area (Å²) >= 11 is 0. The molecule has 1 aliphatic rings. The number of anilines is 3. The minimum Gasteiger partial charge on any atom is -0.378 e. The van der Waals surface area contributed by atoms with Crippen LogP contribution in [0.4, 0.5) is 17.3 Å². The van der Waals surface area contributed by atoms with Gasteiger partial charge in [-0.05, 0) is 30.3 Å². The van der Waals surface area contributed by atoms with Gasteiger partial charge in [-0.15, -0.1) is 0 Å². The highest BCUT2D eigenvalue weighted by Gasteiger charge is 2.16. The third-order valence-electron chi connectivity index (χ3n) is 3.63. The van der Waals surface area contributed by atoms with Crippen molar-refractivity contribution in [1.82, 2.24) is 9.97 Å². The van der Waals surface area contributed by atoms with Crippen molar-refractivity contribution in [3.8, 4) is 0 Å². The zero-order valence-corrected chi connectivity index (χ0v) is 13.9. The van der Waals surface area contributed by atoms with E-state index >= 15 is 0 Å². The molecule has 2 heterocycles. The molecule has 2 aromatic rings. The number of rotatable bonds is 4. The molecule has 2 amide bonds. The van der Waals surface area contributed by atoms with E-state index in [0.717, 1.165) is 0 Å². The average Bonchev–Trinajstić information content (AvgIpc) is 2.64. The van der Waals surface area contributed by atoms with Gasteiger partial charge >= 0.3 is 0 Å². The molecule has 25 heavy (non-hydrogen) atoms. The number of morpholine rings is 1. The highest BCUT2D eigenvalue weighted by Crippen LogP contribution is 2.15. The molecular weight excluding hydrogens is 322 g/mol. The van der Waals surface area contributed by atoms with Gasteiger partial charge in [0.05, 0.1) is 13.2 Å². The molecule has 0 radical (unpaired) electrons. The molecule has 0 saturated carbocycles. The van der Waals surface area contributed by atoms with E-state index in [1.807, 2.05) is 4.90 Å². The van der Waals surface area contributed by atoms with Crippen LogP contribution >= 0.6 is 0 Å². The van der Waals surface area contributed by atoms with Crippen molar-refractivity contribution in [2.45, 2.75) is 6.92 Å². The number of ether oxygens (including phenoxy) is 1. The fourth-order valence-corrected chi connectivity index (χ4v) is 2.43. The van der Waals surface area contributed by atoms with Gasteiger partial charge in [0.1, 0.15) is 5.69 Å². The second kappa shape index (κ2) is 7.71. The molecule has 0 unspecified atom stereocenters. The number of hydrogen-bond donors (Lipinski definition) is 2. The van der Waals surface area contributed by atoms with Crippen molar-refractivity contribution >= 4 is 29.1 Å². The van der Waals surface area contributed by atoms with Crippen LogP contribution in [0.1, 0.15) is 17.4 Å². The molecule has 0 aliphatic carbocycles. The predicted molar refractivity (Wildman–Crippen MR) is 93.8 cm³/mol. The maximum atomic E-state index is 12.4. The molecule has 2 N–H and O–H groups in total. The first-order chi connectivity index (χ1) is 12.1. The third-order valence-corrected chi connectivity index (χ3v) is 3.63. The summed E-state index contributed by atoms with van der Waals surface area (Å²) in [5, 5.41) is 5.46. The van der Waals surface area contributed by atoms with Crippen molar-refractivity contribution in [2.24, 2.45) is 0 Å². The van der Waals surface area contributed by atoms with Gasteiger partial charge in [0, 0.05) is 37.6 Å². The summed E-state index contributed by atoms with van der Waals surface area (Å²) in [6.07, 6.45) is 1.58. The van der Waals surface area contributed by atoms with Gasteiger partial charge in [0.2, 0.25) is 11.9 Å². The molecule has 0 spiro atoms. The van der Waals surface area contributed by atoms with Crippen LogP contribution in [-0.2, 0) is 9.53 Å². The van der Waals surface area contributed by atoms with E-state index in [4.69, 9.17) is 4.74 Å². The summed E-state index contributed by atoms with van der Waals surface area (Å²) in [4.78, 5) is 34.0. The molecule has 1 aliphatic heterocycles. The SMILES string of the molecule is CC(=O)Nc1ccc(NC(=O)c2ccnc(N3CCOCC3)n2)cc1. The van der Waals surface area contributed by atoms with Crippen LogP contribution in [0, 0.1) is 0 Å². The second-order valence-electron chi connectivity index (χ2n) is 5.55. The minimum atomic E-state index is -0.316. The zero-order valence-electron chi connectivity index (χ0n) is 13.9. The molecule has 1 aromatic heterocycles. The van der Waals surface area contributed by atoms with Gasteiger partial charge in [0.25, 0.3) is 5.91 Å². The lowest BCUT2D eigenvalue weighted by Crippen LogP contribution is -2.37. The van der Waals surface area contributed by atoms with Gasteiger partial charge in [-0.25, -0.2) is 9.97 Å². The molecule has 8 heteroatoms. The fourth-order valence-electron chi connectivity index (χ4n) is 2.43. The number of nitrogens with one attached hydrogen (secondary N) is 2. The summed E-state index contributed by atoms with van der Waals surface area (Å²) in [7, 11) is 0. The van der Waals surface area contributed by atoms with Crippen LogP contribution in [0.3, 0.4) is 0 Å². The van der Waals surface area contributed by atoms with Crippen molar-refractivity contribution in [1.29, 1.82) is 0 Å². The second-order valence-corrected chi connectivity index (χ2v) is 5.55. The van der Waals surface area contributed by atoms with E-state index in [-0.39, 0.29) is 11.8 Å². The number of benzene rings is 1. The van der Waals surface area contributed by atoms with Crippen LogP contribution in [0.25, 0.3) is 0 Å². The fraction of sp³-hybridized carbons (Fsp3) is 0.294. The highest BCUT2D eigenvalue weighted by atomic mass is 16.5. The van der Waals surface area contributed by atoms with E-state index in [1.165, 1.54) is 6.92 Å². The molecule has 1 saturated heterocycles. The molecule has 3 rings (SSSR count). The largest absolute Gasteiger partial charge is 0.378 e. The maximum Gasteiger partial charge on any atom is 0.274 e. The van der Waals surface area contributed by atoms with Crippen molar-refractivity contribution in [2.75, 3.05) is 41.8 Å². The molecule has 0 atom stereocenters. The van der Waals surface area contributed by atoms with Crippen molar-refractivity contribution in [3.05, 3.63) is 42.2 Å². The van der Waals surface area contributed by atoms with E-state index < -0.39 is 0 Å². The topological polar surface area (TPSA) is 96.5 Å².